The number of hydrogen-bond acceptors (Lipinski definition) is 4. The molecule has 0 N–H and O–H groups in total. The van der Waals surface area contributed by atoms with Crippen LogP contribution in [0.2, 0.25) is 0 Å². The molecule has 0 aliphatic heterocycles. The van der Waals surface area contributed by atoms with Gasteiger partial charge >= 0.3 is 5.97 Å². The lowest BCUT2D eigenvalue weighted by atomic mass is 10.0. The summed E-state index contributed by atoms with van der Waals surface area (Å²) in [5, 5.41) is 1.72. The van der Waals surface area contributed by atoms with Crippen molar-refractivity contribution in [3.05, 3.63) is 77.4 Å². The molecule has 3 aromatic carbocycles. The molecule has 0 aromatic heterocycles. The number of carbonyl (C=O) groups excluding carboxylic acids is 2. The molecule has 0 saturated heterocycles. The monoisotopic (exact) mass is 356 g/mol. The Hall–Kier alpha value is -3.28. The molecule has 0 bridgehead atoms. The molecule has 0 aliphatic carbocycles. The number of halogens is 2. The highest BCUT2D eigenvalue weighted by Gasteiger charge is 2.16. The van der Waals surface area contributed by atoms with Crippen LogP contribution in [0.5, 0.6) is 5.75 Å². The van der Waals surface area contributed by atoms with Crippen molar-refractivity contribution in [1.82, 2.24) is 0 Å². The van der Waals surface area contributed by atoms with Crippen LogP contribution in [-0.2, 0) is 4.74 Å². The largest absolute Gasteiger partial charge is 0.497 e. The number of rotatable bonds is 5. The minimum atomic E-state index is -1.04. The number of Topliss-reactive ketones (excluding diaryl/α,β-unsaturated/α-hetero) is 1. The number of methoxy groups -OCH3 is 1. The van der Waals surface area contributed by atoms with Crippen molar-refractivity contribution in [2.45, 2.75) is 0 Å². The Bertz CT molecular complexity index is 998. The van der Waals surface area contributed by atoms with Crippen molar-refractivity contribution in [2.24, 2.45) is 0 Å². The maximum atomic E-state index is 13.5. The lowest BCUT2D eigenvalue weighted by Gasteiger charge is -2.07. The molecule has 0 heterocycles. The summed E-state index contributed by atoms with van der Waals surface area (Å²) in [6, 6.07) is 12.9. The van der Waals surface area contributed by atoms with Gasteiger partial charge in [-0.05, 0) is 41.1 Å². The van der Waals surface area contributed by atoms with E-state index in [-0.39, 0.29) is 0 Å². The third-order valence-electron chi connectivity index (χ3n) is 3.85. The van der Waals surface area contributed by atoms with E-state index >= 15 is 0 Å². The second-order valence-corrected chi connectivity index (χ2v) is 5.55. The lowest BCUT2D eigenvalue weighted by molar-refractivity contribution is 0.0470. The van der Waals surface area contributed by atoms with Gasteiger partial charge in [0.05, 0.1) is 12.7 Å². The fourth-order valence-corrected chi connectivity index (χ4v) is 2.47. The van der Waals surface area contributed by atoms with Gasteiger partial charge in [-0.15, -0.1) is 0 Å². The average molecular weight is 356 g/mol. The van der Waals surface area contributed by atoms with Gasteiger partial charge < -0.3 is 9.47 Å². The predicted octanol–water partition coefficient (Wildman–Crippen LogP) is 4.17. The van der Waals surface area contributed by atoms with E-state index in [1.165, 1.54) is 0 Å². The van der Waals surface area contributed by atoms with Crippen LogP contribution in [0.3, 0.4) is 0 Å². The molecule has 0 aliphatic rings. The molecule has 132 valence electrons. The lowest BCUT2D eigenvalue weighted by Crippen LogP contribution is -2.15. The van der Waals surface area contributed by atoms with E-state index in [9.17, 15) is 18.4 Å². The topological polar surface area (TPSA) is 52.6 Å². The molecule has 26 heavy (non-hydrogen) atoms. The first-order chi connectivity index (χ1) is 12.5. The summed E-state index contributed by atoms with van der Waals surface area (Å²) >= 11 is 0. The molecule has 6 heteroatoms. The van der Waals surface area contributed by atoms with Crippen LogP contribution < -0.4 is 4.74 Å². The highest BCUT2D eigenvalue weighted by molar-refractivity contribution is 6.02. The fourth-order valence-electron chi connectivity index (χ4n) is 2.47. The van der Waals surface area contributed by atoms with Gasteiger partial charge in [0.1, 0.15) is 17.4 Å². The van der Waals surface area contributed by atoms with Crippen LogP contribution in [0.25, 0.3) is 10.8 Å². The minimum absolute atomic E-state index is 0.357. The Balaban J connectivity index is 1.71. The van der Waals surface area contributed by atoms with Gasteiger partial charge in [0.2, 0.25) is 0 Å². The molecule has 3 rings (SSSR count). The summed E-state index contributed by atoms with van der Waals surface area (Å²) < 4.78 is 36.4. The molecule has 0 unspecified atom stereocenters. The van der Waals surface area contributed by atoms with E-state index in [0.717, 1.165) is 22.9 Å². The zero-order chi connectivity index (χ0) is 18.7. The van der Waals surface area contributed by atoms with Gasteiger partial charge in [-0.1, -0.05) is 18.2 Å². The first-order valence-corrected chi connectivity index (χ1v) is 7.71. The van der Waals surface area contributed by atoms with Gasteiger partial charge in [-0.2, -0.15) is 0 Å². The van der Waals surface area contributed by atoms with Crippen LogP contribution in [-0.4, -0.2) is 25.5 Å². The molecule has 4 nitrogen and oxygen atoms in total. The standard InChI is InChI=1S/C20H14F2O4/c1-25-16-6-4-12-8-14(3-2-13(12)9-16)19(23)11-26-20(24)17-7-5-15(21)10-18(17)22/h2-10H,11H2,1H3. The first-order valence-electron chi connectivity index (χ1n) is 7.71. The number of ether oxygens (including phenoxy) is 2. The van der Waals surface area contributed by atoms with Gasteiger partial charge in [-0.25, -0.2) is 13.6 Å². The number of esters is 1. The maximum Gasteiger partial charge on any atom is 0.341 e. The Morgan fingerprint density at radius 2 is 1.65 bits per heavy atom. The van der Waals surface area contributed by atoms with Crippen molar-refractivity contribution in [3.63, 3.8) is 0 Å². The van der Waals surface area contributed by atoms with Crippen LogP contribution >= 0.6 is 0 Å². The summed E-state index contributed by atoms with van der Waals surface area (Å²) in [5.74, 6) is -2.60. The maximum absolute atomic E-state index is 13.5. The minimum Gasteiger partial charge on any atom is -0.497 e. The third kappa shape index (κ3) is 3.69. The summed E-state index contributed by atoms with van der Waals surface area (Å²) in [7, 11) is 1.57. The van der Waals surface area contributed by atoms with Crippen molar-refractivity contribution in [3.8, 4) is 5.75 Å². The van der Waals surface area contributed by atoms with Gasteiger partial charge in [0.25, 0.3) is 0 Å². The molecule has 3 aromatic rings. The Morgan fingerprint density at radius 1 is 0.923 bits per heavy atom. The van der Waals surface area contributed by atoms with Gasteiger partial charge in [-0.3, -0.25) is 4.79 Å². The van der Waals surface area contributed by atoms with Gasteiger partial charge in [0.15, 0.2) is 12.4 Å². The van der Waals surface area contributed by atoms with E-state index in [1.54, 1.807) is 31.4 Å². The summed E-state index contributed by atoms with van der Waals surface area (Å²) in [5.41, 5.74) is -0.0696. The molecule has 0 saturated carbocycles. The van der Waals surface area contributed by atoms with Gasteiger partial charge in [0, 0.05) is 11.6 Å². The van der Waals surface area contributed by atoms with E-state index < -0.39 is 35.6 Å². The Labute approximate surface area is 148 Å². The third-order valence-corrected chi connectivity index (χ3v) is 3.85. The molecule has 0 amide bonds. The number of hydrogen-bond donors (Lipinski definition) is 0. The normalized spacial score (nSPS) is 10.6. The summed E-state index contributed by atoms with van der Waals surface area (Å²) in [4.78, 5) is 24.1. The van der Waals surface area contributed by atoms with E-state index in [0.29, 0.717) is 17.4 Å². The molecular formula is C20H14F2O4. The number of ketones is 1. The highest BCUT2D eigenvalue weighted by Crippen LogP contribution is 2.22. The second-order valence-electron chi connectivity index (χ2n) is 5.55. The fraction of sp³-hybridized carbons (Fsp3) is 0.100. The Morgan fingerprint density at radius 3 is 2.38 bits per heavy atom. The van der Waals surface area contributed by atoms with Crippen LogP contribution in [0.4, 0.5) is 8.78 Å². The summed E-state index contributed by atoms with van der Waals surface area (Å²) in [6.45, 7) is -0.544. The summed E-state index contributed by atoms with van der Waals surface area (Å²) in [6.07, 6.45) is 0. The quantitative estimate of drug-likeness (QED) is 0.509. The van der Waals surface area contributed by atoms with E-state index in [4.69, 9.17) is 9.47 Å². The van der Waals surface area contributed by atoms with Crippen molar-refractivity contribution in [2.75, 3.05) is 13.7 Å². The van der Waals surface area contributed by atoms with Crippen LogP contribution in [0.1, 0.15) is 20.7 Å². The molecule has 0 radical (unpaired) electrons. The second kappa shape index (κ2) is 7.31. The molecule has 0 atom stereocenters. The zero-order valence-electron chi connectivity index (χ0n) is 13.8. The van der Waals surface area contributed by atoms with Crippen LogP contribution in [0, 0.1) is 11.6 Å². The predicted molar refractivity (Wildman–Crippen MR) is 91.5 cm³/mol. The van der Waals surface area contributed by atoms with Crippen molar-refractivity contribution in [1.29, 1.82) is 0 Å². The highest BCUT2D eigenvalue weighted by atomic mass is 19.1. The molecular weight excluding hydrogens is 342 g/mol. The zero-order valence-corrected chi connectivity index (χ0v) is 13.8. The number of benzene rings is 3. The number of carbonyl (C=O) groups is 2. The Kier molecular flexibility index (Phi) is 4.93. The average Bonchev–Trinajstić information content (AvgIpc) is 2.64. The smallest absolute Gasteiger partial charge is 0.341 e. The van der Waals surface area contributed by atoms with Crippen LogP contribution in [0.15, 0.2) is 54.6 Å². The van der Waals surface area contributed by atoms with Crippen molar-refractivity contribution >= 4 is 22.5 Å². The first kappa shape index (κ1) is 17.5. The molecule has 0 spiro atoms. The van der Waals surface area contributed by atoms with E-state index in [1.807, 2.05) is 12.1 Å². The number of fused-ring (bicyclic) bond motifs is 1. The van der Waals surface area contributed by atoms with Crippen molar-refractivity contribution < 1.29 is 27.8 Å². The SMILES string of the molecule is COc1ccc2cc(C(=O)COC(=O)c3ccc(F)cc3F)ccc2c1. The molecule has 0 fully saturated rings. The van der Waals surface area contributed by atoms with E-state index in [2.05, 4.69) is 0 Å².